The van der Waals surface area contributed by atoms with E-state index < -0.39 is 31.1 Å². The molecular formula is C24H23N3O7. The van der Waals surface area contributed by atoms with Gasteiger partial charge in [0.05, 0.1) is 13.2 Å². The van der Waals surface area contributed by atoms with E-state index in [2.05, 4.69) is 22.6 Å². The van der Waals surface area contributed by atoms with E-state index in [1.165, 1.54) is 6.07 Å². The van der Waals surface area contributed by atoms with Crippen LogP contribution in [-0.2, 0) is 16.1 Å². The van der Waals surface area contributed by atoms with Crippen LogP contribution in [0.4, 0.5) is 4.79 Å². The van der Waals surface area contributed by atoms with Crippen LogP contribution in [0.1, 0.15) is 33.3 Å². The number of hydrogen-bond acceptors (Lipinski definition) is 7. The molecule has 0 radical (unpaired) electrons. The van der Waals surface area contributed by atoms with E-state index in [1.807, 2.05) is 36.4 Å². The van der Waals surface area contributed by atoms with Gasteiger partial charge in [0, 0.05) is 18.5 Å². The highest BCUT2D eigenvalue weighted by molar-refractivity contribution is 5.94. The van der Waals surface area contributed by atoms with Gasteiger partial charge in [-0.2, -0.15) is 0 Å². The molecule has 3 N–H and O–H groups in total. The summed E-state index contributed by atoms with van der Waals surface area (Å²) >= 11 is 0. The molecule has 2 amide bonds. The Bertz CT molecular complexity index is 1160. The van der Waals surface area contributed by atoms with Gasteiger partial charge in [0.25, 0.3) is 5.91 Å². The molecule has 1 aliphatic rings. The number of ether oxygens (including phenoxy) is 1. The number of carboxylic acids is 1. The summed E-state index contributed by atoms with van der Waals surface area (Å²) < 4.78 is 10.5. The third-order valence-corrected chi connectivity index (χ3v) is 5.51. The lowest BCUT2D eigenvalue weighted by Gasteiger charge is -2.17. The maximum absolute atomic E-state index is 12.4. The van der Waals surface area contributed by atoms with Crippen LogP contribution >= 0.6 is 0 Å². The number of nitrogens with one attached hydrogen (secondary N) is 1. The van der Waals surface area contributed by atoms with Crippen molar-refractivity contribution in [2.75, 3.05) is 26.3 Å². The molecule has 1 aromatic heterocycles. The van der Waals surface area contributed by atoms with Gasteiger partial charge in [-0.15, -0.1) is 0 Å². The largest absolute Gasteiger partial charge is 0.480 e. The number of hydrogen-bond donors (Lipinski definition) is 3. The summed E-state index contributed by atoms with van der Waals surface area (Å²) in [7, 11) is 0. The molecule has 0 spiro atoms. The second kappa shape index (κ2) is 10.2. The minimum atomic E-state index is -1.22. The minimum Gasteiger partial charge on any atom is -0.480 e. The van der Waals surface area contributed by atoms with Crippen molar-refractivity contribution in [1.82, 2.24) is 15.4 Å². The molecule has 0 bridgehead atoms. The Morgan fingerprint density at radius 1 is 1.06 bits per heavy atom. The third kappa shape index (κ3) is 4.91. The normalized spacial score (nSPS) is 12.0. The molecular weight excluding hydrogens is 442 g/mol. The minimum absolute atomic E-state index is 0.0700. The standard InChI is InChI=1S/C24H23N3O7/c28-10-9-27(13-22(29)30)23(31)21-11-15(34-26-21)12-25-24(32)33-14-20-18-7-3-1-5-16(18)17-6-2-4-8-19(17)20/h1-8,11,20,28H,9-10,12-14H2,(H,25,32)(H,29,30). The van der Waals surface area contributed by atoms with Crippen LogP contribution in [-0.4, -0.2) is 64.5 Å². The lowest BCUT2D eigenvalue weighted by molar-refractivity contribution is -0.137. The van der Waals surface area contributed by atoms with Crippen LogP contribution in [0.2, 0.25) is 0 Å². The molecule has 34 heavy (non-hydrogen) atoms. The fourth-order valence-electron chi connectivity index (χ4n) is 4.00. The van der Waals surface area contributed by atoms with E-state index in [1.54, 1.807) is 0 Å². The van der Waals surface area contributed by atoms with E-state index in [-0.39, 0.29) is 37.1 Å². The number of aromatic nitrogens is 1. The van der Waals surface area contributed by atoms with Crippen LogP contribution in [0, 0.1) is 0 Å². The quantitative estimate of drug-likeness (QED) is 0.437. The fourth-order valence-corrected chi connectivity index (χ4v) is 4.00. The Hall–Kier alpha value is -4.18. The Kier molecular flexibility index (Phi) is 6.88. The lowest BCUT2D eigenvalue weighted by atomic mass is 9.98. The highest BCUT2D eigenvalue weighted by Gasteiger charge is 2.29. The smallest absolute Gasteiger partial charge is 0.407 e. The molecule has 0 fully saturated rings. The number of rotatable bonds is 9. The zero-order valence-corrected chi connectivity index (χ0v) is 18.1. The molecule has 2 aromatic carbocycles. The second-order valence-electron chi connectivity index (χ2n) is 7.70. The number of benzene rings is 2. The summed E-state index contributed by atoms with van der Waals surface area (Å²) in [6, 6.07) is 17.3. The average Bonchev–Trinajstić information content (AvgIpc) is 3.43. The number of alkyl carbamates (subject to hydrolysis) is 1. The third-order valence-electron chi connectivity index (χ3n) is 5.51. The van der Waals surface area contributed by atoms with Crippen LogP contribution in [0.3, 0.4) is 0 Å². The average molecular weight is 465 g/mol. The predicted molar refractivity (Wildman–Crippen MR) is 119 cm³/mol. The first kappa shape index (κ1) is 23.0. The van der Waals surface area contributed by atoms with E-state index in [9.17, 15) is 14.4 Å². The Balaban J connectivity index is 1.33. The highest BCUT2D eigenvalue weighted by Crippen LogP contribution is 2.44. The van der Waals surface area contributed by atoms with E-state index >= 15 is 0 Å². The first-order chi connectivity index (χ1) is 16.5. The van der Waals surface area contributed by atoms with Crippen LogP contribution in [0.5, 0.6) is 0 Å². The van der Waals surface area contributed by atoms with Crippen molar-refractivity contribution in [3.63, 3.8) is 0 Å². The van der Waals surface area contributed by atoms with E-state index in [0.717, 1.165) is 27.2 Å². The van der Waals surface area contributed by atoms with Crippen LogP contribution in [0.25, 0.3) is 11.1 Å². The Morgan fingerprint density at radius 2 is 1.71 bits per heavy atom. The number of carbonyl (C=O) groups excluding carboxylic acids is 2. The van der Waals surface area contributed by atoms with Crippen molar-refractivity contribution >= 4 is 18.0 Å². The molecule has 0 aliphatic heterocycles. The molecule has 4 rings (SSSR count). The fraction of sp³-hybridized carbons (Fsp3) is 0.250. The van der Waals surface area contributed by atoms with Crippen LogP contribution in [0.15, 0.2) is 59.1 Å². The molecule has 1 aliphatic carbocycles. The molecule has 10 nitrogen and oxygen atoms in total. The van der Waals surface area contributed by atoms with Gasteiger partial charge in [0.2, 0.25) is 0 Å². The monoisotopic (exact) mass is 465 g/mol. The lowest BCUT2D eigenvalue weighted by Crippen LogP contribution is -2.37. The first-order valence-electron chi connectivity index (χ1n) is 10.6. The molecule has 0 saturated heterocycles. The number of aliphatic hydroxyl groups excluding tert-OH is 1. The Morgan fingerprint density at radius 3 is 2.32 bits per heavy atom. The predicted octanol–water partition coefficient (Wildman–Crippen LogP) is 2.23. The topological polar surface area (TPSA) is 142 Å². The molecule has 10 heteroatoms. The van der Waals surface area contributed by atoms with Crippen molar-refractivity contribution in [3.8, 4) is 11.1 Å². The number of fused-ring (bicyclic) bond motifs is 3. The van der Waals surface area contributed by atoms with Gasteiger partial charge in [-0.1, -0.05) is 53.7 Å². The number of amides is 2. The number of aliphatic hydroxyl groups is 1. The van der Waals surface area contributed by atoms with Crippen molar-refractivity contribution in [2.24, 2.45) is 0 Å². The molecule has 1 heterocycles. The van der Waals surface area contributed by atoms with Crippen LogP contribution < -0.4 is 5.32 Å². The summed E-state index contributed by atoms with van der Waals surface area (Å²) in [5, 5.41) is 24.1. The van der Waals surface area contributed by atoms with Gasteiger partial charge in [0.15, 0.2) is 11.5 Å². The zero-order valence-electron chi connectivity index (χ0n) is 18.1. The van der Waals surface area contributed by atoms with E-state index in [4.69, 9.17) is 19.5 Å². The van der Waals surface area contributed by atoms with Gasteiger partial charge >= 0.3 is 12.1 Å². The molecule has 0 unspecified atom stereocenters. The maximum atomic E-state index is 12.4. The summed E-state index contributed by atoms with van der Waals surface area (Å²) in [5.74, 6) is -1.80. The summed E-state index contributed by atoms with van der Waals surface area (Å²) in [4.78, 5) is 36.5. The first-order valence-corrected chi connectivity index (χ1v) is 10.6. The molecule has 0 saturated carbocycles. The summed E-state index contributed by atoms with van der Waals surface area (Å²) in [6.45, 7) is -1.06. The number of nitrogens with zero attached hydrogens (tertiary/aromatic N) is 2. The number of carbonyl (C=O) groups is 3. The van der Waals surface area contributed by atoms with Gasteiger partial charge in [-0.05, 0) is 22.3 Å². The zero-order chi connectivity index (χ0) is 24.1. The van der Waals surface area contributed by atoms with Gasteiger partial charge in [-0.25, -0.2) is 4.79 Å². The highest BCUT2D eigenvalue weighted by atomic mass is 16.5. The second-order valence-corrected chi connectivity index (χ2v) is 7.70. The van der Waals surface area contributed by atoms with Gasteiger partial charge in [0.1, 0.15) is 13.2 Å². The summed E-state index contributed by atoms with van der Waals surface area (Å²) in [6.07, 6.45) is -0.654. The van der Waals surface area contributed by atoms with E-state index in [0.29, 0.717) is 0 Å². The summed E-state index contributed by atoms with van der Waals surface area (Å²) in [5.41, 5.74) is 4.33. The van der Waals surface area contributed by atoms with Crippen molar-refractivity contribution < 1.29 is 33.9 Å². The number of aliphatic carboxylic acids is 1. The number of carboxylic acid groups (broad SMARTS) is 1. The molecule has 0 atom stereocenters. The molecule has 176 valence electrons. The molecule has 3 aromatic rings. The van der Waals surface area contributed by atoms with Crippen molar-refractivity contribution in [3.05, 3.63) is 77.2 Å². The van der Waals surface area contributed by atoms with Crippen molar-refractivity contribution in [2.45, 2.75) is 12.5 Å². The van der Waals surface area contributed by atoms with Crippen molar-refractivity contribution in [1.29, 1.82) is 0 Å². The SMILES string of the molecule is O=C(O)CN(CCO)C(=O)c1cc(CNC(=O)OCC2c3ccccc3-c3ccccc32)on1. The Labute approximate surface area is 194 Å². The van der Waals surface area contributed by atoms with Gasteiger partial charge in [-0.3, -0.25) is 9.59 Å². The maximum Gasteiger partial charge on any atom is 0.407 e. The van der Waals surface area contributed by atoms with Gasteiger partial charge < -0.3 is 29.7 Å².